The second-order valence-corrected chi connectivity index (χ2v) is 13.4. The Bertz CT molecular complexity index is 982. The Labute approximate surface area is 234 Å². The van der Waals surface area contributed by atoms with E-state index in [2.05, 4.69) is 31.2 Å². The largest absolute Gasteiger partial charge is 0.182 e. The van der Waals surface area contributed by atoms with E-state index in [0.717, 1.165) is 21.1 Å². The number of rotatable bonds is 20. The maximum absolute atomic E-state index is 14.4. The molecule has 0 spiro atoms. The SMILES string of the molecule is CCCCCCCCCCCCCCCCCCc1ccc([S+](=O)(c2ccccc2)c2ccccc2)cc1. The molecule has 0 fully saturated rings. The molecular formula is C36H51OS+. The summed E-state index contributed by atoms with van der Waals surface area (Å²) in [6, 6.07) is 28.4. The molecule has 0 saturated carbocycles. The fourth-order valence-corrected chi connectivity index (χ4v) is 7.77. The van der Waals surface area contributed by atoms with Crippen molar-refractivity contribution in [1.82, 2.24) is 0 Å². The highest BCUT2D eigenvalue weighted by Gasteiger charge is 2.37. The Morgan fingerprint density at radius 3 is 1.16 bits per heavy atom. The van der Waals surface area contributed by atoms with Crippen molar-refractivity contribution >= 4 is 9.93 Å². The van der Waals surface area contributed by atoms with Gasteiger partial charge in [-0.05, 0) is 54.8 Å². The third-order valence-corrected chi connectivity index (χ3v) is 10.5. The number of hydrogen-bond acceptors (Lipinski definition) is 1. The summed E-state index contributed by atoms with van der Waals surface area (Å²) in [4.78, 5) is 2.64. The summed E-state index contributed by atoms with van der Waals surface area (Å²) in [6.45, 7) is 2.29. The lowest BCUT2D eigenvalue weighted by Gasteiger charge is -2.12. The summed E-state index contributed by atoms with van der Waals surface area (Å²) in [5.74, 6) is 0. The van der Waals surface area contributed by atoms with E-state index in [1.807, 2.05) is 60.7 Å². The van der Waals surface area contributed by atoms with Crippen LogP contribution in [0.3, 0.4) is 0 Å². The summed E-state index contributed by atoms with van der Waals surface area (Å²) < 4.78 is 14.4. The molecule has 0 saturated heterocycles. The van der Waals surface area contributed by atoms with Crippen LogP contribution in [0.2, 0.25) is 0 Å². The van der Waals surface area contributed by atoms with Crippen LogP contribution in [0.5, 0.6) is 0 Å². The maximum Gasteiger partial charge on any atom is 0.182 e. The van der Waals surface area contributed by atoms with Gasteiger partial charge in [-0.25, -0.2) is 0 Å². The summed E-state index contributed by atoms with van der Waals surface area (Å²) >= 11 is 0. The van der Waals surface area contributed by atoms with Crippen LogP contribution in [0, 0.1) is 0 Å². The van der Waals surface area contributed by atoms with Crippen LogP contribution in [0.15, 0.2) is 99.6 Å². The molecule has 0 atom stereocenters. The minimum absolute atomic E-state index is 0.872. The summed E-state index contributed by atoms with van der Waals surface area (Å²) in [7, 11) is -2.49. The first-order valence-corrected chi connectivity index (χ1v) is 17.0. The Morgan fingerprint density at radius 1 is 0.421 bits per heavy atom. The number of unbranched alkanes of at least 4 members (excludes halogenated alkanes) is 15. The van der Waals surface area contributed by atoms with Gasteiger partial charge in [-0.1, -0.05) is 156 Å². The van der Waals surface area contributed by atoms with Crippen LogP contribution < -0.4 is 0 Å². The van der Waals surface area contributed by atoms with Crippen LogP contribution in [0.4, 0.5) is 0 Å². The maximum atomic E-state index is 14.4. The first kappa shape index (κ1) is 30.4. The first-order chi connectivity index (χ1) is 18.7. The van der Waals surface area contributed by atoms with Crippen LogP contribution in [0.25, 0.3) is 0 Å². The fraction of sp³-hybridized carbons (Fsp3) is 0.500. The molecule has 0 unspecified atom stereocenters. The molecule has 0 aliphatic carbocycles. The molecule has 1 nitrogen and oxygen atoms in total. The smallest absolute Gasteiger partial charge is 0.0875 e. The molecule has 0 radical (unpaired) electrons. The van der Waals surface area contributed by atoms with Crippen molar-refractivity contribution in [3.05, 3.63) is 90.5 Å². The van der Waals surface area contributed by atoms with E-state index in [-0.39, 0.29) is 0 Å². The molecule has 0 aliphatic rings. The van der Waals surface area contributed by atoms with Crippen LogP contribution >= 0.6 is 0 Å². The fourth-order valence-electron chi connectivity index (χ4n) is 5.36. The lowest BCUT2D eigenvalue weighted by molar-refractivity contribution is 0.529. The minimum atomic E-state index is -2.49. The second-order valence-electron chi connectivity index (χ2n) is 10.9. The summed E-state index contributed by atoms with van der Waals surface area (Å²) in [6.07, 6.45) is 23.5. The predicted octanol–water partition coefficient (Wildman–Crippen LogP) is 11.5. The van der Waals surface area contributed by atoms with Gasteiger partial charge in [-0.2, -0.15) is 0 Å². The van der Waals surface area contributed by atoms with Crippen molar-refractivity contribution < 1.29 is 4.21 Å². The van der Waals surface area contributed by atoms with Gasteiger partial charge in [0.1, 0.15) is 0 Å². The summed E-state index contributed by atoms with van der Waals surface area (Å²) in [5.41, 5.74) is 1.35. The van der Waals surface area contributed by atoms with E-state index < -0.39 is 9.93 Å². The molecule has 0 heterocycles. The zero-order valence-corrected chi connectivity index (χ0v) is 24.7. The quantitative estimate of drug-likeness (QED) is 0.105. The summed E-state index contributed by atoms with van der Waals surface area (Å²) in [5, 5.41) is 0. The molecule has 2 heteroatoms. The van der Waals surface area contributed by atoms with Crippen molar-refractivity contribution in [2.45, 2.75) is 131 Å². The monoisotopic (exact) mass is 531 g/mol. The van der Waals surface area contributed by atoms with Crippen LogP contribution in [0.1, 0.15) is 115 Å². The molecule has 0 N–H and O–H groups in total. The Hall–Kier alpha value is -2.19. The number of hydrogen-bond donors (Lipinski definition) is 0. The second kappa shape index (κ2) is 18.2. The Balaban J connectivity index is 1.31. The van der Waals surface area contributed by atoms with Crippen LogP contribution in [-0.4, -0.2) is 0 Å². The van der Waals surface area contributed by atoms with Crippen LogP contribution in [-0.2, 0) is 20.6 Å². The Morgan fingerprint density at radius 2 is 0.763 bits per heavy atom. The average molecular weight is 532 g/mol. The highest BCUT2D eigenvalue weighted by Crippen LogP contribution is 2.36. The van der Waals surface area contributed by atoms with Gasteiger partial charge in [0, 0.05) is 0 Å². The van der Waals surface area contributed by atoms with Gasteiger partial charge in [0.25, 0.3) is 0 Å². The molecule has 38 heavy (non-hydrogen) atoms. The normalized spacial score (nSPS) is 11.6. The van der Waals surface area contributed by atoms with Gasteiger partial charge in [0.15, 0.2) is 24.6 Å². The van der Waals surface area contributed by atoms with Gasteiger partial charge in [-0.3, -0.25) is 0 Å². The molecule has 3 rings (SSSR count). The van der Waals surface area contributed by atoms with Crippen molar-refractivity contribution in [3.63, 3.8) is 0 Å². The van der Waals surface area contributed by atoms with E-state index in [1.165, 1.54) is 108 Å². The molecule has 3 aromatic carbocycles. The van der Waals surface area contributed by atoms with E-state index in [1.54, 1.807) is 0 Å². The van der Waals surface area contributed by atoms with E-state index in [4.69, 9.17) is 0 Å². The first-order valence-electron chi connectivity index (χ1n) is 15.5. The van der Waals surface area contributed by atoms with Gasteiger partial charge in [-0.15, -0.1) is 0 Å². The predicted molar refractivity (Wildman–Crippen MR) is 165 cm³/mol. The van der Waals surface area contributed by atoms with Gasteiger partial charge < -0.3 is 0 Å². The molecule has 206 valence electrons. The zero-order valence-electron chi connectivity index (χ0n) is 23.9. The van der Waals surface area contributed by atoms with E-state index in [9.17, 15) is 4.21 Å². The van der Waals surface area contributed by atoms with Gasteiger partial charge >= 0.3 is 0 Å². The molecule has 0 aliphatic heterocycles. The topological polar surface area (TPSA) is 17.1 Å². The average Bonchev–Trinajstić information content (AvgIpc) is 2.98. The number of aryl methyl sites for hydroxylation is 1. The minimum Gasteiger partial charge on any atom is -0.0875 e. The highest BCUT2D eigenvalue weighted by atomic mass is 32.2. The van der Waals surface area contributed by atoms with E-state index >= 15 is 0 Å². The van der Waals surface area contributed by atoms with Crippen molar-refractivity contribution in [2.75, 3.05) is 0 Å². The van der Waals surface area contributed by atoms with Crippen molar-refractivity contribution in [3.8, 4) is 0 Å². The van der Waals surface area contributed by atoms with Crippen molar-refractivity contribution in [2.24, 2.45) is 0 Å². The molecule has 0 aromatic heterocycles. The third kappa shape index (κ3) is 10.2. The molecule has 3 aromatic rings. The van der Waals surface area contributed by atoms with E-state index in [0.29, 0.717) is 0 Å². The number of benzene rings is 3. The van der Waals surface area contributed by atoms with Crippen molar-refractivity contribution in [1.29, 1.82) is 0 Å². The lowest BCUT2D eigenvalue weighted by Crippen LogP contribution is -2.12. The van der Waals surface area contributed by atoms with Gasteiger partial charge in [0.05, 0.1) is 0 Å². The Kier molecular flexibility index (Phi) is 14.5. The zero-order chi connectivity index (χ0) is 26.7. The standard InChI is InChI=1S/C36H51OS/c1-2-3-4-5-6-7-8-9-10-11-12-13-14-15-16-19-24-33-29-31-36(32-30-33)38(37,34-25-20-17-21-26-34)35-27-22-18-23-28-35/h17-18,20-23,25-32H,2-16,19,24H2,1H3/q+1. The molecular weight excluding hydrogens is 480 g/mol. The molecule has 0 bridgehead atoms. The lowest BCUT2D eigenvalue weighted by atomic mass is 10.0. The highest BCUT2D eigenvalue weighted by molar-refractivity contribution is 8.03. The molecule has 0 amide bonds. The van der Waals surface area contributed by atoms with Gasteiger partial charge in [0.2, 0.25) is 0 Å². The third-order valence-electron chi connectivity index (χ3n) is 7.72.